The summed E-state index contributed by atoms with van der Waals surface area (Å²) in [6, 6.07) is 4.87. The standard InChI is InChI=1S/C18H25N3O4S/c1-14-16(4-2-5-17(14)21(23)24)18(22)20-6-3-11-26-13-15(20)12-19-7-9-25-10-8-19/h2,4-5,15H,3,6-13H2,1H3. The van der Waals surface area contributed by atoms with E-state index in [1.807, 2.05) is 16.7 Å². The minimum atomic E-state index is -0.421. The first-order valence-corrected chi connectivity index (χ1v) is 10.2. The molecule has 2 aliphatic rings. The van der Waals surface area contributed by atoms with Crippen LogP contribution in [0.4, 0.5) is 5.69 Å². The number of nitrogens with zero attached hydrogens (tertiary/aromatic N) is 3. The molecule has 1 amide bonds. The molecule has 0 radical (unpaired) electrons. The molecule has 2 fully saturated rings. The van der Waals surface area contributed by atoms with Gasteiger partial charge in [0, 0.05) is 49.1 Å². The Morgan fingerprint density at radius 3 is 2.85 bits per heavy atom. The maximum absolute atomic E-state index is 13.3. The number of morpholine rings is 1. The molecule has 3 rings (SSSR count). The second-order valence-corrected chi connectivity index (χ2v) is 7.85. The third kappa shape index (κ3) is 4.36. The zero-order valence-corrected chi connectivity index (χ0v) is 15.9. The third-order valence-electron chi connectivity index (χ3n) is 5.00. The first-order valence-electron chi connectivity index (χ1n) is 9.00. The van der Waals surface area contributed by atoms with Crippen LogP contribution >= 0.6 is 11.8 Å². The van der Waals surface area contributed by atoms with Crippen LogP contribution in [0.3, 0.4) is 0 Å². The van der Waals surface area contributed by atoms with E-state index in [1.54, 1.807) is 19.1 Å². The molecule has 142 valence electrons. The average Bonchev–Trinajstić information content (AvgIpc) is 2.87. The van der Waals surface area contributed by atoms with Crippen molar-refractivity contribution in [2.75, 3.05) is 50.9 Å². The molecule has 0 spiro atoms. The summed E-state index contributed by atoms with van der Waals surface area (Å²) in [5.74, 6) is 1.85. The summed E-state index contributed by atoms with van der Waals surface area (Å²) >= 11 is 1.88. The molecule has 0 aliphatic carbocycles. The number of carbonyl (C=O) groups is 1. The monoisotopic (exact) mass is 379 g/mol. The summed E-state index contributed by atoms with van der Waals surface area (Å²) in [7, 11) is 0. The van der Waals surface area contributed by atoms with Gasteiger partial charge in [-0.3, -0.25) is 19.8 Å². The predicted octanol–water partition coefficient (Wildman–Crippen LogP) is 2.18. The summed E-state index contributed by atoms with van der Waals surface area (Å²) in [6.07, 6.45) is 0.948. The van der Waals surface area contributed by atoms with Crippen molar-refractivity contribution < 1.29 is 14.5 Å². The van der Waals surface area contributed by atoms with Crippen molar-refractivity contribution in [1.29, 1.82) is 0 Å². The predicted molar refractivity (Wildman–Crippen MR) is 102 cm³/mol. The fourth-order valence-electron chi connectivity index (χ4n) is 3.54. The van der Waals surface area contributed by atoms with Crippen LogP contribution < -0.4 is 0 Å². The van der Waals surface area contributed by atoms with Crippen LogP contribution in [-0.4, -0.2) is 77.6 Å². The van der Waals surface area contributed by atoms with E-state index >= 15 is 0 Å². The Hall–Kier alpha value is -1.64. The van der Waals surface area contributed by atoms with Gasteiger partial charge in [0.05, 0.1) is 24.2 Å². The molecule has 0 bridgehead atoms. The smallest absolute Gasteiger partial charge is 0.273 e. The number of ether oxygens (including phenoxy) is 1. The number of rotatable bonds is 4. The first kappa shape index (κ1) is 19.1. The van der Waals surface area contributed by atoms with Gasteiger partial charge in [0.25, 0.3) is 11.6 Å². The van der Waals surface area contributed by atoms with E-state index < -0.39 is 4.92 Å². The van der Waals surface area contributed by atoms with Crippen molar-refractivity contribution in [3.63, 3.8) is 0 Å². The fourth-order valence-corrected chi connectivity index (χ4v) is 4.59. The summed E-state index contributed by atoms with van der Waals surface area (Å²) in [4.78, 5) is 28.3. The summed E-state index contributed by atoms with van der Waals surface area (Å²) < 4.78 is 5.42. The SMILES string of the molecule is Cc1c(C(=O)N2CCCSCC2CN2CCOCC2)cccc1[N+](=O)[O-]. The van der Waals surface area contributed by atoms with E-state index in [9.17, 15) is 14.9 Å². The quantitative estimate of drug-likeness (QED) is 0.590. The average molecular weight is 379 g/mol. The lowest BCUT2D eigenvalue weighted by Crippen LogP contribution is -2.50. The molecular weight excluding hydrogens is 354 g/mol. The van der Waals surface area contributed by atoms with Crippen molar-refractivity contribution in [1.82, 2.24) is 9.80 Å². The molecule has 8 heteroatoms. The number of benzene rings is 1. The van der Waals surface area contributed by atoms with Crippen LogP contribution in [0.1, 0.15) is 22.3 Å². The Morgan fingerprint density at radius 1 is 1.35 bits per heavy atom. The second-order valence-electron chi connectivity index (χ2n) is 6.70. The van der Waals surface area contributed by atoms with Gasteiger partial charge in [-0.15, -0.1) is 0 Å². The van der Waals surface area contributed by atoms with Crippen LogP contribution in [0.15, 0.2) is 18.2 Å². The third-order valence-corrected chi connectivity index (χ3v) is 6.20. The van der Waals surface area contributed by atoms with E-state index in [4.69, 9.17) is 4.74 Å². The van der Waals surface area contributed by atoms with Gasteiger partial charge in [0.2, 0.25) is 0 Å². The zero-order valence-electron chi connectivity index (χ0n) is 15.1. The van der Waals surface area contributed by atoms with E-state index in [-0.39, 0.29) is 17.6 Å². The normalized spacial score (nSPS) is 22.0. The lowest BCUT2D eigenvalue weighted by Gasteiger charge is -2.36. The molecule has 1 aromatic rings. The molecule has 2 aliphatic heterocycles. The highest BCUT2D eigenvalue weighted by molar-refractivity contribution is 7.99. The molecule has 0 N–H and O–H groups in total. The lowest BCUT2D eigenvalue weighted by molar-refractivity contribution is -0.385. The van der Waals surface area contributed by atoms with Crippen LogP contribution in [0.5, 0.6) is 0 Å². The van der Waals surface area contributed by atoms with Crippen LogP contribution in [0.2, 0.25) is 0 Å². The molecule has 1 atom stereocenters. The molecule has 7 nitrogen and oxygen atoms in total. The Kier molecular flexibility index (Phi) is 6.50. The Balaban J connectivity index is 1.82. The summed E-state index contributed by atoms with van der Waals surface area (Å²) in [6.45, 7) is 6.43. The van der Waals surface area contributed by atoms with Crippen molar-refractivity contribution in [3.8, 4) is 0 Å². The second kappa shape index (κ2) is 8.83. The summed E-state index contributed by atoms with van der Waals surface area (Å²) in [5.41, 5.74) is 0.896. The topological polar surface area (TPSA) is 75.9 Å². The van der Waals surface area contributed by atoms with Crippen molar-refractivity contribution in [2.45, 2.75) is 19.4 Å². The Labute approximate surface area is 157 Å². The fraction of sp³-hybridized carbons (Fsp3) is 0.611. The number of amides is 1. The van der Waals surface area contributed by atoms with E-state index in [0.717, 1.165) is 50.8 Å². The maximum atomic E-state index is 13.3. The minimum Gasteiger partial charge on any atom is -0.379 e. The van der Waals surface area contributed by atoms with Crippen molar-refractivity contribution >= 4 is 23.4 Å². The molecule has 0 aromatic heterocycles. The number of thioether (sulfide) groups is 1. The van der Waals surface area contributed by atoms with Gasteiger partial charge in [0.1, 0.15) is 0 Å². The molecule has 26 heavy (non-hydrogen) atoms. The van der Waals surface area contributed by atoms with Gasteiger partial charge in [-0.1, -0.05) is 6.07 Å². The number of carbonyl (C=O) groups excluding carboxylic acids is 1. The number of nitro groups is 1. The highest BCUT2D eigenvalue weighted by Gasteiger charge is 2.30. The van der Waals surface area contributed by atoms with Gasteiger partial charge < -0.3 is 9.64 Å². The molecule has 2 saturated heterocycles. The van der Waals surface area contributed by atoms with Crippen LogP contribution in [0, 0.1) is 17.0 Å². The van der Waals surface area contributed by atoms with Gasteiger partial charge in [-0.05, 0) is 25.2 Å². The van der Waals surface area contributed by atoms with Gasteiger partial charge in [0.15, 0.2) is 0 Å². The van der Waals surface area contributed by atoms with Gasteiger partial charge in [-0.25, -0.2) is 0 Å². The van der Waals surface area contributed by atoms with E-state index in [0.29, 0.717) is 17.7 Å². The number of hydrogen-bond donors (Lipinski definition) is 0. The zero-order chi connectivity index (χ0) is 18.5. The minimum absolute atomic E-state index is 0.00442. The maximum Gasteiger partial charge on any atom is 0.273 e. The number of nitro benzene ring substituents is 1. The van der Waals surface area contributed by atoms with E-state index in [2.05, 4.69) is 4.90 Å². The highest BCUT2D eigenvalue weighted by atomic mass is 32.2. The lowest BCUT2D eigenvalue weighted by atomic mass is 10.0. The molecule has 1 unspecified atom stereocenters. The molecular formula is C18H25N3O4S. The highest BCUT2D eigenvalue weighted by Crippen LogP contribution is 2.25. The summed E-state index contributed by atoms with van der Waals surface area (Å²) in [5, 5.41) is 11.2. The largest absolute Gasteiger partial charge is 0.379 e. The van der Waals surface area contributed by atoms with Crippen LogP contribution in [-0.2, 0) is 4.74 Å². The van der Waals surface area contributed by atoms with Gasteiger partial charge in [-0.2, -0.15) is 11.8 Å². The molecule has 2 heterocycles. The Morgan fingerprint density at radius 2 is 2.12 bits per heavy atom. The molecule has 1 aromatic carbocycles. The first-order chi connectivity index (χ1) is 12.6. The van der Waals surface area contributed by atoms with Crippen molar-refractivity contribution in [2.24, 2.45) is 0 Å². The van der Waals surface area contributed by atoms with Crippen molar-refractivity contribution in [3.05, 3.63) is 39.4 Å². The Bertz CT molecular complexity index is 664. The van der Waals surface area contributed by atoms with Crippen LogP contribution in [0.25, 0.3) is 0 Å². The number of hydrogen-bond acceptors (Lipinski definition) is 6. The van der Waals surface area contributed by atoms with E-state index in [1.165, 1.54) is 6.07 Å². The molecule has 0 saturated carbocycles. The van der Waals surface area contributed by atoms with Gasteiger partial charge >= 0.3 is 0 Å².